The van der Waals surface area contributed by atoms with Gasteiger partial charge in [0.1, 0.15) is 0 Å². The number of pyridine rings is 1. The average molecular weight is 494 g/mol. The summed E-state index contributed by atoms with van der Waals surface area (Å²) in [7, 11) is 0. The SMILES string of the molecule is C=N\C=C/C(=C(C)/C=C/C(=O)Nc1ccc(CCc2nnco2)cc1)c1cnn(Cc2ccccn2)c1. The number of hydrogen-bond acceptors (Lipinski definition) is 7. The second kappa shape index (κ2) is 12.7. The Kier molecular flexibility index (Phi) is 8.63. The molecule has 0 aliphatic rings. The van der Waals surface area contributed by atoms with Crippen molar-refractivity contribution in [3.63, 3.8) is 0 Å². The highest BCUT2D eigenvalue weighted by Gasteiger charge is 2.07. The molecular formula is C28H27N7O2. The zero-order valence-corrected chi connectivity index (χ0v) is 20.5. The standard InChI is InChI=1S/C28H27N7O2/c1-21(26(14-16-29-2)23-17-32-35(18-23)19-25-5-3-4-15-30-25)6-12-27(36)33-24-10-7-22(8-11-24)9-13-28-34-31-20-37-28/h3-8,10-12,14-18,20H,2,9,13,19H2,1H3,(H,33,36)/b12-6+,16-14-,26-21-. The van der Waals surface area contributed by atoms with E-state index >= 15 is 0 Å². The molecule has 0 atom stereocenters. The van der Waals surface area contributed by atoms with Crippen molar-refractivity contribution in [2.45, 2.75) is 26.3 Å². The van der Waals surface area contributed by atoms with Crippen molar-refractivity contribution in [1.82, 2.24) is 25.0 Å². The summed E-state index contributed by atoms with van der Waals surface area (Å²) in [5, 5.41) is 14.9. The van der Waals surface area contributed by atoms with Crippen molar-refractivity contribution in [1.29, 1.82) is 0 Å². The smallest absolute Gasteiger partial charge is 0.248 e. The van der Waals surface area contributed by atoms with Crippen LogP contribution in [0.4, 0.5) is 5.69 Å². The molecule has 3 aromatic heterocycles. The first-order chi connectivity index (χ1) is 18.1. The van der Waals surface area contributed by atoms with Gasteiger partial charge in [-0.15, -0.1) is 10.2 Å². The molecule has 0 unspecified atom stereocenters. The molecule has 1 amide bonds. The maximum absolute atomic E-state index is 12.5. The summed E-state index contributed by atoms with van der Waals surface area (Å²) in [6, 6.07) is 13.5. The minimum atomic E-state index is -0.228. The predicted octanol–water partition coefficient (Wildman–Crippen LogP) is 4.68. The lowest BCUT2D eigenvalue weighted by molar-refractivity contribution is -0.111. The monoisotopic (exact) mass is 493 g/mol. The van der Waals surface area contributed by atoms with Gasteiger partial charge in [0, 0.05) is 42.3 Å². The number of aromatic nitrogens is 5. The van der Waals surface area contributed by atoms with Gasteiger partial charge in [-0.25, -0.2) is 0 Å². The molecule has 186 valence electrons. The third kappa shape index (κ3) is 7.53. The Balaban J connectivity index is 1.40. The molecule has 9 nitrogen and oxygen atoms in total. The van der Waals surface area contributed by atoms with Gasteiger partial charge in [0.15, 0.2) is 0 Å². The summed E-state index contributed by atoms with van der Waals surface area (Å²) < 4.78 is 6.98. The molecule has 9 heteroatoms. The summed E-state index contributed by atoms with van der Waals surface area (Å²) in [4.78, 5) is 20.7. The second-order valence-corrected chi connectivity index (χ2v) is 8.19. The molecule has 0 saturated heterocycles. The van der Waals surface area contributed by atoms with Crippen LogP contribution in [-0.4, -0.2) is 37.6 Å². The third-order valence-electron chi connectivity index (χ3n) is 5.50. The van der Waals surface area contributed by atoms with Gasteiger partial charge < -0.3 is 9.73 Å². The van der Waals surface area contributed by atoms with E-state index < -0.39 is 0 Å². The minimum Gasteiger partial charge on any atom is -0.428 e. The zero-order chi connectivity index (χ0) is 25.9. The van der Waals surface area contributed by atoms with Gasteiger partial charge in [0.05, 0.1) is 18.4 Å². The zero-order valence-electron chi connectivity index (χ0n) is 20.5. The molecule has 0 saturated carbocycles. The van der Waals surface area contributed by atoms with Gasteiger partial charge in [0.2, 0.25) is 18.2 Å². The number of benzene rings is 1. The fourth-order valence-corrected chi connectivity index (χ4v) is 3.61. The topological polar surface area (TPSA) is 111 Å². The van der Waals surface area contributed by atoms with Gasteiger partial charge in [-0.3, -0.25) is 19.5 Å². The van der Waals surface area contributed by atoms with Crippen LogP contribution in [0.25, 0.3) is 5.57 Å². The summed E-state index contributed by atoms with van der Waals surface area (Å²) in [6.07, 6.45) is 15.0. The minimum absolute atomic E-state index is 0.228. The highest BCUT2D eigenvalue weighted by Crippen LogP contribution is 2.21. The normalized spacial score (nSPS) is 12.1. The Bertz CT molecular complexity index is 1400. The van der Waals surface area contributed by atoms with Gasteiger partial charge in [-0.1, -0.05) is 24.3 Å². The number of allylic oxidation sites excluding steroid dienone is 4. The van der Waals surface area contributed by atoms with Crippen LogP contribution in [0.15, 0.2) is 107 Å². The lowest BCUT2D eigenvalue weighted by Crippen LogP contribution is -2.07. The molecule has 0 spiro atoms. The van der Waals surface area contributed by atoms with E-state index in [1.54, 1.807) is 24.7 Å². The first kappa shape index (κ1) is 25.2. The number of rotatable bonds is 11. The molecule has 0 bridgehead atoms. The van der Waals surface area contributed by atoms with Crippen molar-refractivity contribution in [2.75, 3.05) is 5.32 Å². The van der Waals surface area contributed by atoms with E-state index in [4.69, 9.17) is 4.42 Å². The van der Waals surface area contributed by atoms with Crippen molar-refractivity contribution < 1.29 is 9.21 Å². The van der Waals surface area contributed by atoms with Crippen LogP contribution in [0, 0.1) is 0 Å². The van der Waals surface area contributed by atoms with Crippen LogP contribution >= 0.6 is 0 Å². The molecule has 4 rings (SSSR count). The van der Waals surface area contributed by atoms with Crippen LogP contribution in [-0.2, 0) is 24.2 Å². The van der Waals surface area contributed by atoms with Gasteiger partial charge in [-0.2, -0.15) is 5.10 Å². The maximum Gasteiger partial charge on any atom is 0.248 e. The van der Waals surface area contributed by atoms with Crippen LogP contribution in [0.1, 0.15) is 29.6 Å². The average Bonchev–Trinajstić information content (AvgIpc) is 3.61. The predicted molar refractivity (Wildman–Crippen MR) is 143 cm³/mol. The van der Waals surface area contributed by atoms with Crippen LogP contribution in [0.2, 0.25) is 0 Å². The summed E-state index contributed by atoms with van der Waals surface area (Å²) in [6.45, 7) is 6.01. The Labute approximate surface area is 215 Å². The van der Waals surface area contributed by atoms with E-state index in [2.05, 4.69) is 37.3 Å². The number of hydrogen-bond donors (Lipinski definition) is 1. The van der Waals surface area contributed by atoms with Crippen molar-refractivity contribution in [3.8, 4) is 0 Å². The second-order valence-electron chi connectivity index (χ2n) is 8.19. The summed E-state index contributed by atoms with van der Waals surface area (Å²) in [5.41, 5.74) is 5.40. The number of carbonyl (C=O) groups excluding carboxylic acids is 1. The van der Waals surface area contributed by atoms with E-state index in [1.165, 1.54) is 12.5 Å². The third-order valence-corrected chi connectivity index (χ3v) is 5.50. The Hall–Kier alpha value is -4.92. The van der Waals surface area contributed by atoms with E-state index in [-0.39, 0.29) is 5.91 Å². The van der Waals surface area contributed by atoms with Crippen molar-refractivity contribution >= 4 is 23.9 Å². The summed E-state index contributed by atoms with van der Waals surface area (Å²) in [5.74, 6) is 0.374. The van der Waals surface area contributed by atoms with E-state index in [0.29, 0.717) is 24.5 Å². The lowest BCUT2D eigenvalue weighted by atomic mass is 10.0. The fourth-order valence-electron chi connectivity index (χ4n) is 3.61. The molecule has 1 aromatic carbocycles. The highest BCUT2D eigenvalue weighted by molar-refractivity contribution is 5.99. The molecule has 0 fully saturated rings. The van der Waals surface area contributed by atoms with Crippen LogP contribution in [0.3, 0.4) is 0 Å². The number of nitrogens with zero attached hydrogens (tertiary/aromatic N) is 6. The molecule has 3 heterocycles. The number of nitrogens with one attached hydrogen (secondary N) is 1. The summed E-state index contributed by atoms with van der Waals surface area (Å²) >= 11 is 0. The number of aliphatic imine (C=N–C) groups is 1. The van der Waals surface area contributed by atoms with Gasteiger partial charge in [0.25, 0.3) is 0 Å². The number of anilines is 1. The quantitative estimate of drug-likeness (QED) is 0.185. The highest BCUT2D eigenvalue weighted by atomic mass is 16.4. The Morgan fingerprint density at radius 1 is 1.14 bits per heavy atom. The molecule has 0 radical (unpaired) electrons. The van der Waals surface area contributed by atoms with Gasteiger partial charge in [-0.05, 0) is 67.1 Å². The Morgan fingerprint density at radius 2 is 2.00 bits per heavy atom. The maximum atomic E-state index is 12.5. The number of amides is 1. The number of carbonyl (C=O) groups is 1. The van der Waals surface area contributed by atoms with E-state index in [9.17, 15) is 4.79 Å². The van der Waals surface area contributed by atoms with E-state index in [1.807, 2.05) is 66.3 Å². The van der Waals surface area contributed by atoms with Crippen molar-refractivity contribution in [3.05, 3.63) is 120 Å². The molecule has 1 N–H and O–H groups in total. The lowest BCUT2D eigenvalue weighted by Gasteiger charge is -2.05. The van der Waals surface area contributed by atoms with E-state index in [0.717, 1.165) is 34.4 Å². The first-order valence-corrected chi connectivity index (χ1v) is 11.7. The van der Waals surface area contributed by atoms with Crippen molar-refractivity contribution in [2.24, 2.45) is 4.99 Å². The van der Waals surface area contributed by atoms with Gasteiger partial charge >= 0.3 is 0 Å². The van der Waals surface area contributed by atoms with Crippen LogP contribution < -0.4 is 5.32 Å². The molecular weight excluding hydrogens is 466 g/mol. The molecule has 0 aliphatic heterocycles. The Morgan fingerprint density at radius 3 is 2.73 bits per heavy atom. The molecule has 37 heavy (non-hydrogen) atoms. The fraction of sp³-hybridized carbons (Fsp3) is 0.143. The molecule has 0 aliphatic carbocycles. The molecule has 4 aromatic rings. The first-order valence-electron chi connectivity index (χ1n) is 11.7. The number of aryl methyl sites for hydroxylation is 2. The largest absolute Gasteiger partial charge is 0.428 e. The van der Waals surface area contributed by atoms with Crippen LogP contribution in [0.5, 0.6) is 0 Å².